The van der Waals surface area contributed by atoms with Gasteiger partial charge in [0.25, 0.3) is 5.91 Å². The van der Waals surface area contributed by atoms with Crippen LogP contribution in [0.2, 0.25) is 0 Å². The number of carbonyl (C=O) groups is 1. The Bertz CT molecular complexity index is 1030. The van der Waals surface area contributed by atoms with Gasteiger partial charge < -0.3 is 0 Å². The van der Waals surface area contributed by atoms with Crippen molar-refractivity contribution in [2.75, 3.05) is 5.32 Å². The summed E-state index contributed by atoms with van der Waals surface area (Å²) in [5.74, 6) is -0.103. The van der Waals surface area contributed by atoms with Crippen LogP contribution in [0.5, 0.6) is 0 Å². The SMILES string of the molecule is Cc1ccc(Cn2cnc(NC(=O)c3cnn4cccnc34)n2)cc1. The first-order valence-electron chi connectivity index (χ1n) is 7.74. The summed E-state index contributed by atoms with van der Waals surface area (Å²) in [6, 6.07) is 9.93. The summed E-state index contributed by atoms with van der Waals surface area (Å²) in [6.45, 7) is 2.63. The molecule has 124 valence electrons. The van der Waals surface area contributed by atoms with Crippen molar-refractivity contribution in [1.82, 2.24) is 29.4 Å². The predicted molar refractivity (Wildman–Crippen MR) is 91.2 cm³/mol. The van der Waals surface area contributed by atoms with Gasteiger partial charge in [0.2, 0.25) is 5.95 Å². The molecule has 4 aromatic rings. The lowest BCUT2D eigenvalue weighted by molar-refractivity contribution is 0.102. The van der Waals surface area contributed by atoms with E-state index in [2.05, 4.69) is 25.5 Å². The van der Waals surface area contributed by atoms with Crippen molar-refractivity contribution < 1.29 is 4.79 Å². The molecule has 0 fully saturated rings. The van der Waals surface area contributed by atoms with E-state index in [9.17, 15) is 4.79 Å². The minimum atomic E-state index is -0.346. The van der Waals surface area contributed by atoms with Crippen molar-refractivity contribution >= 4 is 17.5 Å². The summed E-state index contributed by atoms with van der Waals surface area (Å²) in [5, 5.41) is 11.1. The Kier molecular flexibility index (Phi) is 3.70. The normalized spacial score (nSPS) is 10.9. The molecule has 0 bridgehead atoms. The summed E-state index contributed by atoms with van der Waals surface area (Å²) < 4.78 is 3.22. The van der Waals surface area contributed by atoms with E-state index in [1.165, 1.54) is 11.8 Å². The second-order valence-electron chi connectivity index (χ2n) is 5.65. The summed E-state index contributed by atoms with van der Waals surface area (Å²) in [4.78, 5) is 20.7. The molecule has 1 aromatic carbocycles. The fraction of sp³-hybridized carbons (Fsp3) is 0.118. The maximum atomic E-state index is 12.4. The van der Waals surface area contributed by atoms with Crippen LogP contribution in [-0.4, -0.2) is 35.3 Å². The van der Waals surface area contributed by atoms with Crippen molar-refractivity contribution in [2.45, 2.75) is 13.5 Å². The van der Waals surface area contributed by atoms with Gasteiger partial charge in [0, 0.05) is 12.4 Å². The second-order valence-corrected chi connectivity index (χ2v) is 5.65. The lowest BCUT2D eigenvalue weighted by Gasteiger charge is -2.02. The molecular formula is C17H15N7O. The number of nitrogens with one attached hydrogen (secondary N) is 1. The number of rotatable bonds is 4. The predicted octanol–water partition coefficient (Wildman–Crippen LogP) is 1.93. The number of carbonyl (C=O) groups excluding carboxylic acids is 1. The Morgan fingerprint density at radius 3 is 2.88 bits per heavy atom. The molecule has 0 aliphatic rings. The van der Waals surface area contributed by atoms with Crippen LogP contribution in [0.4, 0.5) is 5.95 Å². The number of aryl methyl sites for hydroxylation is 1. The Morgan fingerprint density at radius 2 is 2.04 bits per heavy atom. The molecule has 0 aliphatic heterocycles. The zero-order valence-corrected chi connectivity index (χ0v) is 13.5. The molecular weight excluding hydrogens is 318 g/mol. The Hall–Kier alpha value is -3.55. The van der Waals surface area contributed by atoms with Gasteiger partial charge in [-0.15, -0.1) is 5.10 Å². The van der Waals surface area contributed by atoms with Gasteiger partial charge in [-0.3, -0.25) is 10.1 Å². The first-order chi connectivity index (χ1) is 12.2. The van der Waals surface area contributed by atoms with Crippen molar-refractivity contribution in [1.29, 1.82) is 0 Å². The van der Waals surface area contributed by atoms with E-state index >= 15 is 0 Å². The van der Waals surface area contributed by atoms with Crippen molar-refractivity contribution in [3.63, 3.8) is 0 Å². The van der Waals surface area contributed by atoms with Gasteiger partial charge in [-0.25, -0.2) is 19.2 Å². The summed E-state index contributed by atoms with van der Waals surface area (Å²) in [7, 11) is 0. The molecule has 0 saturated heterocycles. The molecule has 3 aromatic heterocycles. The first kappa shape index (κ1) is 15.0. The smallest absolute Gasteiger partial charge is 0.263 e. The highest BCUT2D eigenvalue weighted by atomic mass is 16.1. The van der Waals surface area contributed by atoms with Crippen molar-refractivity contribution in [3.05, 3.63) is 71.9 Å². The molecule has 0 spiro atoms. The minimum absolute atomic E-state index is 0.243. The van der Waals surface area contributed by atoms with E-state index in [1.807, 2.05) is 31.2 Å². The van der Waals surface area contributed by atoms with Crippen LogP contribution in [0.15, 0.2) is 55.2 Å². The van der Waals surface area contributed by atoms with Crippen LogP contribution < -0.4 is 5.32 Å². The molecule has 0 saturated carbocycles. The highest BCUT2D eigenvalue weighted by molar-refractivity contribution is 6.07. The molecule has 3 heterocycles. The third-order valence-corrected chi connectivity index (χ3v) is 3.75. The Labute approximate surface area is 143 Å². The average molecular weight is 333 g/mol. The maximum Gasteiger partial charge on any atom is 0.263 e. The van der Waals surface area contributed by atoms with Crippen LogP contribution in [-0.2, 0) is 6.54 Å². The molecule has 0 aliphatic carbocycles. The van der Waals surface area contributed by atoms with Gasteiger partial charge in [0.15, 0.2) is 5.65 Å². The molecule has 4 rings (SSSR count). The van der Waals surface area contributed by atoms with E-state index in [-0.39, 0.29) is 11.9 Å². The summed E-state index contributed by atoms with van der Waals surface area (Å²) in [5.41, 5.74) is 3.17. The van der Waals surface area contributed by atoms with Gasteiger partial charge in [-0.05, 0) is 18.6 Å². The second kappa shape index (κ2) is 6.16. The van der Waals surface area contributed by atoms with E-state index in [0.717, 1.165) is 5.56 Å². The van der Waals surface area contributed by atoms with Crippen LogP contribution in [0.25, 0.3) is 5.65 Å². The van der Waals surface area contributed by atoms with E-state index in [4.69, 9.17) is 0 Å². The van der Waals surface area contributed by atoms with Gasteiger partial charge in [0.1, 0.15) is 11.9 Å². The van der Waals surface area contributed by atoms with Crippen LogP contribution in [0, 0.1) is 6.92 Å². The monoisotopic (exact) mass is 333 g/mol. The first-order valence-corrected chi connectivity index (χ1v) is 7.74. The van der Waals surface area contributed by atoms with Gasteiger partial charge >= 0.3 is 0 Å². The fourth-order valence-corrected chi connectivity index (χ4v) is 2.46. The lowest BCUT2D eigenvalue weighted by atomic mass is 10.1. The molecule has 1 amide bonds. The van der Waals surface area contributed by atoms with Gasteiger partial charge in [-0.2, -0.15) is 5.10 Å². The van der Waals surface area contributed by atoms with Crippen molar-refractivity contribution in [2.24, 2.45) is 0 Å². The molecule has 0 atom stereocenters. The molecule has 1 N–H and O–H groups in total. The number of benzene rings is 1. The number of aromatic nitrogens is 6. The average Bonchev–Trinajstić information content (AvgIpc) is 3.23. The fourth-order valence-electron chi connectivity index (χ4n) is 2.46. The summed E-state index contributed by atoms with van der Waals surface area (Å²) >= 11 is 0. The van der Waals surface area contributed by atoms with E-state index < -0.39 is 0 Å². The van der Waals surface area contributed by atoms with E-state index in [1.54, 1.807) is 34.0 Å². The zero-order chi connectivity index (χ0) is 17.2. The minimum Gasteiger partial charge on any atom is -0.289 e. The number of hydrogen-bond donors (Lipinski definition) is 1. The molecule has 0 unspecified atom stereocenters. The molecule has 8 heteroatoms. The van der Waals surface area contributed by atoms with Crippen LogP contribution in [0.1, 0.15) is 21.5 Å². The lowest BCUT2D eigenvalue weighted by Crippen LogP contribution is -2.13. The molecule has 25 heavy (non-hydrogen) atoms. The van der Waals surface area contributed by atoms with Crippen molar-refractivity contribution in [3.8, 4) is 0 Å². The number of amides is 1. The number of hydrogen-bond acceptors (Lipinski definition) is 5. The number of anilines is 1. The van der Waals surface area contributed by atoms with Gasteiger partial charge in [-0.1, -0.05) is 29.8 Å². The van der Waals surface area contributed by atoms with Gasteiger partial charge in [0.05, 0.1) is 12.7 Å². The zero-order valence-electron chi connectivity index (χ0n) is 13.5. The molecule has 8 nitrogen and oxygen atoms in total. The quantitative estimate of drug-likeness (QED) is 0.616. The van der Waals surface area contributed by atoms with E-state index in [0.29, 0.717) is 17.8 Å². The third kappa shape index (κ3) is 3.09. The third-order valence-electron chi connectivity index (χ3n) is 3.75. The Balaban J connectivity index is 1.49. The maximum absolute atomic E-state index is 12.4. The number of nitrogens with zero attached hydrogens (tertiary/aromatic N) is 6. The largest absolute Gasteiger partial charge is 0.289 e. The molecule has 0 radical (unpaired) electrons. The highest BCUT2D eigenvalue weighted by Gasteiger charge is 2.15. The highest BCUT2D eigenvalue weighted by Crippen LogP contribution is 2.10. The Morgan fingerprint density at radius 1 is 1.20 bits per heavy atom. The summed E-state index contributed by atoms with van der Waals surface area (Å²) in [6.07, 6.45) is 6.40. The number of fused-ring (bicyclic) bond motifs is 1. The standard InChI is InChI=1S/C17H15N7O/c1-12-3-5-13(6-4-12)10-23-11-19-17(22-23)21-16(25)14-9-20-24-8-2-7-18-15(14)24/h2-9,11H,10H2,1H3,(H,21,22,25). The van der Waals surface area contributed by atoms with Crippen LogP contribution in [0.3, 0.4) is 0 Å². The topological polar surface area (TPSA) is 90.0 Å². The van der Waals surface area contributed by atoms with Crippen LogP contribution >= 0.6 is 0 Å².